The predicted octanol–water partition coefficient (Wildman–Crippen LogP) is 4.33. The topological polar surface area (TPSA) is 92.4 Å². The molecule has 2 aliphatic rings. The fourth-order valence-electron chi connectivity index (χ4n) is 5.44. The average Bonchev–Trinajstić information content (AvgIpc) is 3.64. The Labute approximate surface area is 233 Å². The monoisotopic (exact) mass is 542 g/mol. The number of nitrogens with zero attached hydrogens (tertiary/aromatic N) is 5. The number of hydrogen-bond acceptors (Lipinski definition) is 8. The van der Waals surface area contributed by atoms with Gasteiger partial charge in [0.15, 0.2) is 5.78 Å². The number of aromatic amines is 1. The van der Waals surface area contributed by atoms with Crippen LogP contribution in [0.3, 0.4) is 0 Å². The van der Waals surface area contributed by atoms with E-state index in [-0.39, 0.29) is 11.6 Å². The molecule has 40 heavy (non-hydrogen) atoms. The number of likely N-dealkylation sites (tertiary alicyclic amines) is 1. The van der Waals surface area contributed by atoms with E-state index in [0.717, 1.165) is 51.5 Å². The summed E-state index contributed by atoms with van der Waals surface area (Å²) in [4.78, 5) is 33.2. The molecule has 0 aliphatic carbocycles. The molecule has 0 saturated carbocycles. The van der Waals surface area contributed by atoms with Crippen LogP contribution in [0.15, 0.2) is 54.7 Å². The predicted molar refractivity (Wildman–Crippen MR) is 157 cm³/mol. The molecule has 208 valence electrons. The van der Waals surface area contributed by atoms with Gasteiger partial charge in [-0.3, -0.25) is 4.79 Å². The highest BCUT2D eigenvalue weighted by Gasteiger charge is 2.21. The third-order valence-electron chi connectivity index (χ3n) is 7.79. The number of fused-ring (bicyclic) bond motifs is 1. The maximum Gasteiger partial charge on any atom is 0.231 e. The molecule has 0 amide bonds. The van der Waals surface area contributed by atoms with Crippen LogP contribution in [-0.2, 0) is 0 Å². The second-order valence-electron chi connectivity index (χ2n) is 10.6. The van der Waals surface area contributed by atoms with Crippen molar-refractivity contribution in [3.05, 3.63) is 71.7 Å². The smallest absolute Gasteiger partial charge is 0.231 e. The lowest BCUT2D eigenvalue weighted by Crippen LogP contribution is -2.44. The largest absolute Gasteiger partial charge is 0.369 e. The van der Waals surface area contributed by atoms with Crippen molar-refractivity contribution in [2.75, 3.05) is 74.9 Å². The number of rotatable bonds is 9. The summed E-state index contributed by atoms with van der Waals surface area (Å²) in [5.74, 6) is 0.437. The van der Waals surface area contributed by atoms with Gasteiger partial charge in [0.1, 0.15) is 17.3 Å². The van der Waals surface area contributed by atoms with Crippen LogP contribution in [-0.4, -0.2) is 89.9 Å². The standard InChI is InChI=1S/C30H35FN8O/c1-37-16-18-39(19-17-37)24-10-8-23(9-11-24)34-30-35-28(32-12-15-38-13-2-3-14-38)26-25(20-33-29(26)36-30)27(40)21-4-6-22(31)7-5-21/h4-11,20H,2-3,12-19H2,1H3,(H3,32,33,34,35,36). The molecule has 2 fully saturated rings. The Morgan fingerprint density at radius 1 is 0.950 bits per heavy atom. The van der Waals surface area contributed by atoms with Gasteiger partial charge in [-0.25, -0.2) is 4.39 Å². The van der Waals surface area contributed by atoms with Gasteiger partial charge in [0, 0.05) is 62.4 Å². The van der Waals surface area contributed by atoms with Crippen molar-refractivity contribution >= 4 is 40.0 Å². The van der Waals surface area contributed by atoms with E-state index in [9.17, 15) is 9.18 Å². The molecule has 0 unspecified atom stereocenters. The fourth-order valence-corrected chi connectivity index (χ4v) is 5.44. The third-order valence-corrected chi connectivity index (χ3v) is 7.79. The molecule has 2 saturated heterocycles. The Bertz CT molecular complexity index is 1460. The minimum Gasteiger partial charge on any atom is -0.369 e. The molecule has 0 radical (unpaired) electrons. The number of benzene rings is 2. The van der Waals surface area contributed by atoms with Gasteiger partial charge >= 0.3 is 0 Å². The van der Waals surface area contributed by atoms with E-state index in [2.05, 4.69) is 49.5 Å². The Morgan fingerprint density at radius 2 is 1.68 bits per heavy atom. The average molecular weight is 543 g/mol. The van der Waals surface area contributed by atoms with E-state index >= 15 is 0 Å². The lowest BCUT2D eigenvalue weighted by Gasteiger charge is -2.34. The molecule has 9 nitrogen and oxygen atoms in total. The summed E-state index contributed by atoms with van der Waals surface area (Å²) in [6, 6.07) is 13.9. The number of carbonyl (C=O) groups excluding carboxylic acids is 1. The fraction of sp³-hybridized carbons (Fsp3) is 0.367. The normalized spacial score (nSPS) is 16.5. The number of nitrogens with one attached hydrogen (secondary N) is 3. The summed E-state index contributed by atoms with van der Waals surface area (Å²) < 4.78 is 13.5. The Hall–Kier alpha value is -4.02. The van der Waals surface area contributed by atoms with Gasteiger partial charge in [-0.15, -0.1) is 0 Å². The highest BCUT2D eigenvalue weighted by molar-refractivity contribution is 6.18. The van der Waals surface area contributed by atoms with Crippen molar-refractivity contribution in [3.8, 4) is 0 Å². The van der Waals surface area contributed by atoms with E-state index in [1.54, 1.807) is 6.20 Å². The molecular weight excluding hydrogens is 507 g/mol. The zero-order valence-corrected chi connectivity index (χ0v) is 22.8. The van der Waals surface area contributed by atoms with Crippen molar-refractivity contribution < 1.29 is 9.18 Å². The molecule has 3 N–H and O–H groups in total. The first-order valence-electron chi connectivity index (χ1n) is 14.0. The van der Waals surface area contributed by atoms with Crippen molar-refractivity contribution in [1.29, 1.82) is 0 Å². The Kier molecular flexibility index (Phi) is 7.61. The van der Waals surface area contributed by atoms with Gasteiger partial charge in [-0.05, 0) is 81.5 Å². The summed E-state index contributed by atoms with van der Waals surface area (Å²) in [6.07, 6.45) is 4.12. The number of piperazine rings is 1. The van der Waals surface area contributed by atoms with Crippen LogP contribution < -0.4 is 15.5 Å². The lowest BCUT2D eigenvalue weighted by molar-refractivity contribution is 0.104. The number of carbonyl (C=O) groups is 1. The van der Waals surface area contributed by atoms with Crippen LogP contribution in [0.5, 0.6) is 0 Å². The van der Waals surface area contributed by atoms with Crippen LogP contribution in [0.4, 0.5) is 27.5 Å². The molecule has 2 aliphatic heterocycles. The lowest BCUT2D eigenvalue weighted by atomic mass is 10.0. The van der Waals surface area contributed by atoms with Gasteiger partial charge in [0.05, 0.1) is 10.9 Å². The molecule has 6 rings (SSSR count). The molecule has 0 spiro atoms. The maximum absolute atomic E-state index is 13.5. The molecule has 4 heterocycles. The zero-order chi connectivity index (χ0) is 27.5. The number of halogens is 1. The molecule has 2 aromatic carbocycles. The van der Waals surface area contributed by atoms with Crippen LogP contribution in [0, 0.1) is 5.82 Å². The van der Waals surface area contributed by atoms with E-state index in [1.165, 1.54) is 42.8 Å². The minimum atomic E-state index is -0.379. The number of hydrogen-bond donors (Lipinski definition) is 3. The highest BCUT2D eigenvalue weighted by atomic mass is 19.1. The van der Waals surface area contributed by atoms with Crippen molar-refractivity contribution in [3.63, 3.8) is 0 Å². The number of aromatic nitrogens is 3. The van der Waals surface area contributed by atoms with Gasteiger partial charge in [0.25, 0.3) is 0 Å². The molecule has 4 aromatic rings. The summed E-state index contributed by atoms with van der Waals surface area (Å²) in [5, 5.41) is 7.43. The number of H-pyrrole nitrogens is 1. The summed E-state index contributed by atoms with van der Waals surface area (Å²) in [5.41, 5.74) is 3.50. The quantitative estimate of drug-likeness (QED) is 0.269. The molecular formula is C30H35FN8O. The third kappa shape index (κ3) is 5.78. The van der Waals surface area contributed by atoms with Crippen LogP contribution in [0.2, 0.25) is 0 Å². The first-order chi connectivity index (χ1) is 19.5. The van der Waals surface area contributed by atoms with Crippen molar-refractivity contribution in [2.24, 2.45) is 0 Å². The van der Waals surface area contributed by atoms with E-state index in [4.69, 9.17) is 9.97 Å². The first-order valence-corrected chi connectivity index (χ1v) is 14.0. The van der Waals surface area contributed by atoms with Gasteiger partial charge in [0.2, 0.25) is 5.95 Å². The molecule has 0 atom stereocenters. The Morgan fingerprint density at radius 3 is 2.40 bits per heavy atom. The van der Waals surface area contributed by atoms with E-state index in [0.29, 0.717) is 40.5 Å². The Balaban J connectivity index is 1.26. The molecule has 2 aromatic heterocycles. The summed E-state index contributed by atoms with van der Waals surface area (Å²) >= 11 is 0. The molecule has 0 bridgehead atoms. The van der Waals surface area contributed by atoms with Gasteiger partial charge < -0.3 is 30.3 Å². The summed E-state index contributed by atoms with van der Waals surface area (Å²) in [6.45, 7) is 7.95. The molecule has 10 heteroatoms. The maximum atomic E-state index is 13.5. The minimum absolute atomic E-state index is 0.211. The van der Waals surface area contributed by atoms with Crippen molar-refractivity contribution in [2.45, 2.75) is 12.8 Å². The van der Waals surface area contributed by atoms with Gasteiger partial charge in [-0.1, -0.05) is 0 Å². The second kappa shape index (κ2) is 11.6. The number of ketones is 1. The van der Waals surface area contributed by atoms with Crippen LogP contribution in [0.1, 0.15) is 28.8 Å². The summed E-state index contributed by atoms with van der Waals surface area (Å²) in [7, 11) is 2.16. The zero-order valence-electron chi connectivity index (χ0n) is 22.8. The number of likely N-dealkylation sites (N-methyl/N-ethyl adjacent to an activating group) is 1. The second-order valence-corrected chi connectivity index (χ2v) is 10.6. The van der Waals surface area contributed by atoms with Gasteiger partial charge in [-0.2, -0.15) is 9.97 Å². The van der Waals surface area contributed by atoms with E-state index in [1.807, 2.05) is 12.1 Å². The van der Waals surface area contributed by atoms with E-state index < -0.39 is 0 Å². The SMILES string of the molecule is CN1CCN(c2ccc(Nc3nc(NCCN4CCCC4)c4c(C(=O)c5ccc(F)cc5)c[nH]c4n3)cc2)CC1. The van der Waals surface area contributed by atoms with Crippen molar-refractivity contribution in [1.82, 2.24) is 24.8 Å². The van der Waals surface area contributed by atoms with Crippen LogP contribution >= 0.6 is 0 Å². The number of anilines is 4. The highest BCUT2D eigenvalue weighted by Crippen LogP contribution is 2.29. The first kappa shape index (κ1) is 26.2. The van der Waals surface area contributed by atoms with Crippen LogP contribution in [0.25, 0.3) is 11.0 Å².